The van der Waals surface area contributed by atoms with Crippen LogP contribution in [0.4, 0.5) is 0 Å². The molecule has 3 nitrogen and oxygen atoms in total. The Morgan fingerprint density at radius 2 is 2.18 bits per heavy atom. The Hall–Kier alpha value is -0.830. The van der Waals surface area contributed by atoms with E-state index in [0.29, 0.717) is 0 Å². The van der Waals surface area contributed by atoms with Gasteiger partial charge >= 0.3 is 0 Å². The number of hydrogen-bond acceptors (Lipinski definition) is 1. The summed E-state index contributed by atoms with van der Waals surface area (Å²) in [6.45, 7) is 2.16. The van der Waals surface area contributed by atoms with Crippen LogP contribution in [-0.4, -0.2) is 16.1 Å². The van der Waals surface area contributed by atoms with Crippen molar-refractivity contribution in [2.24, 2.45) is 0 Å². The summed E-state index contributed by atoms with van der Waals surface area (Å²) in [6.07, 6.45) is 9.46. The SMILES string of the molecule is [NH3+]CCCCCn1ccnc1. The van der Waals surface area contributed by atoms with Crippen molar-refractivity contribution in [3.8, 4) is 0 Å². The van der Waals surface area contributed by atoms with Gasteiger partial charge in [-0.2, -0.15) is 0 Å². The Bertz CT molecular complexity index is 169. The molecule has 0 radical (unpaired) electrons. The summed E-state index contributed by atoms with van der Waals surface area (Å²) in [7, 11) is 0. The summed E-state index contributed by atoms with van der Waals surface area (Å²) in [6, 6.07) is 0. The second-order valence-corrected chi connectivity index (χ2v) is 2.71. The number of aromatic nitrogens is 2. The van der Waals surface area contributed by atoms with Crippen LogP contribution in [-0.2, 0) is 6.54 Å². The van der Waals surface area contributed by atoms with Gasteiger partial charge < -0.3 is 10.3 Å². The topological polar surface area (TPSA) is 45.5 Å². The minimum absolute atomic E-state index is 1.06. The normalized spacial score (nSPS) is 10.3. The third-order valence-electron chi connectivity index (χ3n) is 1.73. The lowest BCUT2D eigenvalue weighted by Crippen LogP contribution is -2.50. The van der Waals surface area contributed by atoms with Crippen LogP contribution in [0.25, 0.3) is 0 Å². The molecule has 0 unspecified atom stereocenters. The zero-order valence-corrected chi connectivity index (χ0v) is 6.87. The first kappa shape index (κ1) is 8.27. The molecular formula is C8H16N3+. The van der Waals surface area contributed by atoms with Crippen LogP contribution in [0.2, 0.25) is 0 Å². The zero-order chi connectivity index (χ0) is 7.94. The first-order valence-corrected chi connectivity index (χ1v) is 4.18. The molecule has 3 N–H and O–H groups in total. The van der Waals surface area contributed by atoms with Crippen molar-refractivity contribution in [2.75, 3.05) is 6.54 Å². The zero-order valence-electron chi connectivity index (χ0n) is 6.87. The smallest absolute Gasteiger partial charge is 0.0945 e. The van der Waals surface area contributed by atoms with Crippen LogP contribution in [0.3, 0.4) is 0 Å². The minimum atomic E-state index is 1.06. The number of unbranched alkanes of at least 4 members (excludes halogenated alkanes) is 2. The Balaban J connectivity index is 2.04. The van der Waals surface area contributed by atoms with E-state index in [0.717, 1.165) is 13.1 Å². The van der Waals surface area contributed by atoms with E-state index in [1.165, 1.54) is 19.3 Å². The lowest BCUT2D eigenvalue weighted by atomic mass is 10.2. The quantitative estimate of drug-likeness (QED) is 0.609. The van der Waals surface area contributed by atoms with Crippen LogP contribution in [0.1, 0.15) is 19.3 Å². The Labute approximate surface area is 67.2 Å². The summed E-state index contributed by atoms with van der Waals surface area (Å²) < 4.78 is 2.11. The van der Waals surface area contributed by atoms with Crippen molar-refractivity contribution in [1.29, 1.82) is 0 Å². The summed E-state index contributed by atoms with van der Waals surface area (Å²) in [5.74, 6) is 0. The number of quaternary nitrogens is 1. The monoisotopic (exact) mass is 154 g/mol. The van der Waals surface area contributed by atoms with E-state index in [4.69, 9.17) is 0 Å². The molecule has 1 rings (SSSR count). The van der Waals surface area contributed by atoms with Gasteiger partial charge in [0.05, 0.1) is 12.9 Å². The van der Waals surface area contributed by atoms with Crippen molar-refractivity contribution < 1.29 is 5.73 Å². The van der Waals surface area contributed by atoms with Gasteiger partial charge in [-0.1, -0.05) is 0 Å². The van der Waals surface area contributed by atoms with E-state index in [-0.39, 0.29) is 0 Å². The fourth-order valence-electron chi connectivity index (χ4n) is 1.07. The molecule has 0 fully saturated rings. The third kappa shape index (κ3) is 3.18. The highest BCUT2D eigenvalue weighted by Gasteiger charge is 1.90. The van der Waals surface area contributed by atoms with E-state index < -0.39 is 0 Å². The molecule has 3 heteroatoms. The van der Waals surface area contributed by atoms with Crippen molar-refractivity contribution in [3.05, 3.63) is 18.7 Å². The molecule has 1 heterocycles. The highest BCUT2D eigenvalue weighted by molar-refractivity contribution is 4.73. The summed E-state index contributed by atoms with van der Waals surface area (Å²) in [4.78, 5) is 3.97. The van der Waals surface area contributed by atoms with Gasteiger partial charge in [0, 0.05) is 18.9 Å². The Morgan fingerprint density at radius 1 is 1.27 bits per heavy atom. The molecule has 62 valence electrons. The molecule has 1 aromatic rings. The van der Waals surface area contributed by atoms with Crippen molar-refractivity contribution in [2.45, 2.75) is 25.8 Å². The molecule has 0 saturated heterocycles. The largest absolute Gasteiger partial charge is 0.358 e. The van der Waals surface area contributed by atoms with Gasteiger partial charge in [0.2, 0.25) is 0 Å². The molecule has 0 bridgehead atoms. The number of imidazole rings is 1. The van der Waals surface area contributed by atoms with Crippen molar-refractivity contribution in [3.63, 3.8) is 0 Å². The first-order valence-electron chi connectivity index (χ1n) is 4.18. The van der Waals surface area contributed by atoms with E-state index in [2.05, 4.69) is 15.3 Å². The van der Waals surface area contributed by atoms with Crippen LogP contribution in [0, 0.1) is 0 Å². The number of rotatable bonds is 5. The van der Waals surface area contributed by atoms with E-state index in [1.807, 2.05) is 18.7 Å². The van der Waals surface area contributed by atoms with Crippen molar-refractivity contribution >= 4 is 0 Å². The Morgan fingerprint density at radius 3 is 2.82 bits per heavy atom. The number of aryl methyl sites for hydroxylation is 1. The number of hydrogen-bond donors (Lipinski definition) is 1. The van der Waals surface area contributed by atoms with E-state index in [1.54, 1.807) is 0 Å². The fraction of sp³-hybridized carbons (Fsp3) is 0.625. The molecular weight excluding hydrogens is 138 g/mol. The van der Waals surface area contributed by atoms with Gasteiger partial charge in [0.1, 0.15) is 0 Å². The molecule has 0 spiro atoms. The van der Waals surface area contributed by atoms with Gasteiger partial charge in [-0.05, 0) is 19.3 Å². The Kier molecular flexibility index (Phi) is 3.69. The molecule has 0 aliphatic rings. The molecule has 0 aliphatic carbocycles. The second-order valence-electron chi connectivity index (χ2n) is 2.71. The summed E-state index contributed by atoms with van der Waals surface area (Å²) >= 11 is 0. The van der Waals surface area contributed by atoms with Gasteiger partial charge in [0.15, 0.2) is 0 Å². The molecule has 1 aromatic heterocycles. The van der Waals surface area contributed by atoms with Crippen LogP contribution in [0.5, 0.6) is 0 Å². The van der Waals surface area contributed by atoms with Gasteiger partial charge in [0.25, 0.3) is 0 Å². The predicted molar refractivity (Wildman–Crippen MR) is 43.8 cm³/mol. The van der Waals surface area contributed by atoms with Crippen LogP contribution in [0.15, 0.2) is 18.7 Å². The van der Waals surface area contributed by atoms with E-state index in [9.17, 15) is 0 Å². The highest BCUT2D eigenvalue weighted by Crippen LogP contribution is 1.96. The van der Waals surface area contributed by atoms with Crippen LogP contribution < -0.4 is 5.73 Å². The molecule has 0 atom stereocenters. The lowest BCUT2D eigenvalue weighted by Gasteiger charge is -1.99. The lowest BCUT2D eigenvalue weighted by molar-refractivity contribution is -0.368. The van der Waals surface area contributed by atoms with Gasteiger partial charge in [-0.3, -0.25) is 0 Å². The molecule has 0 aromatic carbocycles. The molecule has 0 aliphatic heterocycles. The van der Waals surface area contributed by atoms with E-state index >= 15 is 0 Å². The highest BCUT2D eigenvalue weighted by atomic mass is 15.0. The summed E-state index contributed by atoms with van der Waals surface area (Å²) in [5, 5.41) is 0. The summed E-state index contributed by atoms with van der Waals surface area (Å²) in [5.41, 5.74) is 3.80. The van der Waals surface area contributed by atoms with Crippen molar-refractivity contribution in [1.82, 2.24) is 9.55 Å². The minimum Gasteiger partial charge on any atom is -0.358 e. The molecule has 0 amide bonds. The molecule has 0 saturated carbocycles. The fourth-order valence-corrected chi connectivity index (χ4v) is 1.07. The first-order chi connectivity index (χ1) is 5.43. The molecule has 11 heavy (non-hydrogen) atoms. The average molecular weight is 154 g/mol. The standard InChI is InChI=1S/C8H15N3/c9-4-2-1-3-6-11-7-5-10-8-11/h5,7-8H,1-4,6,9H2/p+1. The number of nitrogens with zero attached hydrogens (tertiary/aromatic N) is 2. The van der Waals surface area contributed by atoms with Crippen LogP contribution >= 0.6 is 0 Å². The maximum atomic E-state index is 3.97. The van der Waals surface area contributed by atoms with Gasteiger partial charge in [-0.15, -0.1) is 0 Å². The maximum Gasteiger partial charge on any atom is 0.0945 e. The second kappa shape index (κ2) is 4.91. The average Bonchev–Trinajstić information content (AvgIpc) is 2.50. The third-order valence-corrected chi connectivity index (χ3v) is 1.73. The predicted octanol–water partition coefficient (Wildman–Crippen LogP) is 0.295. The van der Waals surface area contributed by atoms with Gasteiger partial charge in [-0.25, -0.2) is 4.98 Å². The maximum absolute atomic E-state index is 3.97.